The number of aryl methyl sites for hydroxylation is 2. The molecule has 2 amide bonds. The van der Waals surface area contributed by atoms with Gasteiger partial charge in [-0.15, -0.1) is 0 Å². The van der Waals surface area contributed by atoms with Crippen LogP contribution in [0.2, 0.25) is 0 Å². The highest BCUT2D eigenvalue weighted by Gasteiger charge is 2.33. The van der Waals surface area contributed by atoms with Gasteiger partial charge in [-0.2, -0.15) is 0 Å². The van der Waals surface area contributed by atoms with E-state index in [1.807, 2.05) is 58.9 Å². The number of carbonyl (C=O) groups excluding carboxylic acids is 2. The number of nitrogens with one attached hydrogen (secondary N) is 1. The summed E-state index contributed by atoms with van der Waals surface area (Å²) in [6.07, 6.45) is 0.366. The number of amides is 2. The molecule has 8 nitrogen and oxygen atoms in total. The van der Waals surface area contributed by atoms with Gasteiger partial charge in [0.15, 0.2) is 0 Å². The third-order valence-corrected chi connectivity index (χ3v) is 8.52. The molecule has 0 saturated heterocycles. The maximum Gasteiger partial charge on any atom is 0.264 e. The Bertz CT molecular complexity index is 1440. The molecule has 0 aliphatic rings. The number of carbonyl (C=O) groups is 2. The number of sulfonamides is 1. The van der Waals surface area contributed by atoms with Crippen LogP contribution < -0.4 is 14.4 Å². The van der Waals surface area contributed by atoms with Gasteiger partial charge in [0.2, 0.25) is 11.8 Å². The molecule has 3 aromatic carbocycles. The van der Waals surface area contributed by atoms with E-state index in [1.165, 1.54) is 24.1 Å². The molecular formula is C32H41N3O5S. The number of anilines is 1. The average molecular weight is 580 g/mol. The van der Waals surface area contributed by atoms with Crippen LogP contribution in [0.1, 0.15) is 43.9 Å². The van der Waals surface area contributed by atoms with Gasteiger partial charge >= 0.3 is 0 Å². The smallest absolute Gasteiger partial charge is 0.264 e. The maximum absolute atomic E-state index is 14.2. The summed E-state index contributed by atoms with van der Waals surface area (Å²) in [7, 11) is -2.65. The molecule has 0 aliphatic carbocycles. The van der Waals surface area contributed by atoms with Gasteiger partial charge in [0.05, 0.1) is 17.7 Å². The van der Waals surface area contributed by atoms with Crippen LogP contribution in [0.3, 0.4) is 0 Å². The van der Waals surface area contributed by atoms with Crippen molar-refractivity contribution in [2.45, 2.75) is 58.5 Å². The lowest BCUT2D eigenvalue weighted by molar-refractivity contribution is -0.140. The van der Waals surface area contributed by atoms with E-state index in [4.69, 9.17) is 4.74 Å². The molecule has 0 aliphatic heterocycles. The zero-order valence-electron chi connectivity index (χ0n) is 24.8. The third-order valence-electron chi connectivity index (χ3n) is 6.74. The molecule has 3 aromatic rings. The molecule has 9 heteroatoms. The van der Waals surface area contributed by atoms with E-state index in [-0.39, 0.29) is 29.0 Å². The molecule has 0 bridgehead atoms. The van der Waals surface area contributed by atoms with Gasteiger partial charge in [-0.1, -0.05) is 74.4 Å². The second-order valence-electron chi connectivity index (χ2n) is 10.6. The van der Waals surface area contributed by atoms with E-state index in [1.54, 1.807) is 36.4 Å². The number of hydrogen-bond donors (Lipinski definition) is 1. The van der Waals surface area contributed by atoms with Crippen LogP contribution in [0.25, 0.3) is 0 Å². The van der Waals surface area contributed by atoms with Crippen molar-refractivity contribution in [3.05, 3.63) is 89.5 Å². The Morgan fingerprint density at radius 1 is 0.927 bits per heavy atom. The molecule has 1 atom stereocenters. The Morgan fingerprint density at radius 3 is 2.22 bits per heavy atom. The first-order valence-electron chi connectivity index (χ1n) is 13.8. The number of ether oxygens (including phenoxy) is 1. The number of methoxy groups -OCH3 is 1. The van der Waals surface area contributed by atoms with Crippen molar-refractivity contribution in [1.82, 2.24) is 10.2 Å². The molecule has 0 unspecified atom stereocenters. The maximum atomic E-state index is 14.2. The van der Waals surface area contributed by atoms with Gasteiger partial charge in [0.1, 0.15) is 18.3 Å². The van der Waals surface area contributed by atoms with Gasteiger partial charge in [-0.25, -0.2) is 8.42 Å². The zero-order valence-corrected chi connectivity index (χ0v) is 25.6. The fourth-order valence-electron chi connectivity index (χ4n) is 4.48. The summed E-state index contributed by atoms with van der Waals surface area (Å²) < 4.78 is 34.4. The lowest BCUT2D eigenvalue weighted by Gasteiger charge is -2.33. The molecular weight excluding hydrogens is 538 g/mol. The highest BCUT2D eigenvalue weighted by Crippen LogP contribution is 2.28. The SMILES string of the molecule is CC[C@@H](C(=O)NCC(C)C)N(Cc1cccc(C)c1)C(=O)CN(c1cccc(OC)c1)S(=O)(=O)c1ccc(C)cc1. The number of benzene rings is 3. The molecule has 0 radical (unpaired) electrons. The van der Waals surface area contributed by atoms with Crippen LogP contribution in [-0.2, 0) is 26.2 Å². The third kappa shape index (κ3) is 8.33. The summed E-state index contributed by atoms with van der Waals surface area (Å²) in [5.41, 5.74) is 3.07. The minimum absolute atomic E-state index is 0.0608. The normalized spacial score (nSPS) is 12.1. The summed E-state index contributed by atoms with van der Waals surface area (Å²) in [5, 5.41) is 2.95. The number of rotatable bonds is 13. The summed E-state index contributed by atoms with van der Waals surface area (Å²) in [5.74, 6) is -0.0659. The first kappa shape index (κ1) is 31.7. The van der Waals surface area contributed by atoms with Crippen LogP contribution in [0.4, 0.5) is 5.69 Å². The van der Waals surface area contributed by atoms with Crippen LogP contribution in [0, 0.1) is 19.8 Å². The fraction of sp³-hybridized carbons (Fsp3) is 0.375. The van der Waals surface area contributed by atoms with Crippen molar-refractivity contribution in [2.24, 2.45) is 5.92 Å². The Morgan fingerprint density at radius 2 is 1.61 bits per heavy atom. The minimum atomic E-state index is -4.15. The Kier molecular flexibility index (Phi) is 10.9. The molecule has 41 heavy (non-hydrogen) atoms. The van der Waals surface area contributed by atoms with Gasteiger partial charge < -0.3 is 15.0 Å². The topological polar surface area (TPSA) is 96.0 Å². The quantitative estimate of drug-likeness (QED) is 0.305. The van der Waals surface area contributed by atoms with E-state index in [2.05, 4.69) is 5.32 Å². The number of hydrogen-bond acceptors (Lipinski definition) is 5. The summed E-state index contributed by atoms with van der Waals surface area (Å²) in [6.45, 7) is 9.81. The first-order chi connectivity index (χ1) is 19.5. The van der Waals surface area contributed by atoms with E-state index in [0.29, 0.717) is 18.7 Å². The van der Waals surface area contributed by atoms with Crippen molar-refractivity contribution < 1.29 is 22.7 Å². The Balaban J connectivity index is 2.07. The fourth-order valence-corrected chi connectivity index (χ4v) is 5.89. The highest BCUT2D eigenvalue weighted by molar-refractivity contribution is 7.92. The second kappa shape index (κ2) is 14.2. The monoisotopic (exact) mass is 579 g/mol. The van der Waals surface area contributed by atoms with Crippen molar-refractivity contribution in [2.75, 3.05) is 24.5 Å². The molecule has 1 N–H and O–H groups in total. The number of nitrogens with zero attached hydrogens (tertiary/aromatic N) is 2. The predicted molar refractivity (Wildman–Crippen MR) is 162 cm³/mol. The van der Waals surface area contributed by atoms with Crippen molar-refractivity contribution >= 4 is 27.5 Å². The molecule has 0 fully saturated rings. The summed E-state index contributed by atoms with van der Waals surface area (Å²) >= 11 is 0. The largest absolute Gasteiger partial charge is 0.497 e. The average Bonchev–Trinajstić information content (AvgIpc) is 2.94. The predicted octanol–water partition coefficient (Wildman–Crippen LogP) is 5.09. The van der Waals surface area contributed by atoms with E-state index < -0.39 is 28.5 Å². The van der Waals surface area contributed by atoms with Crippen molar-refractivity contribution in [3.63, 3.8) is 0 Å². The van der Waals surface area contributed by atoms with Crippen molar-refractivity contribution in [3.8, 4) is 5.75 Å². The van der Waals surface area contributed by atoms with Gasteiger partial charge in [-0.3, -0.25) is 13.9 Å². The Hall–Kier alpha value is -3.85. The molecule has 0 spiro atoms. The van der Waals surface area contributed by atoms with Crippen LogP contribution in [-0.4, -0.2) is 51.4 Å². The second-order valence-corrected chi connectivity index (χ2v) is 12.5. The van der Waals surface area contributed by atoms with Gasteiger partial charge in [0.25, 0.3) is 10.0 Å². The summed E-state index contributed by atoms with van der Waals surface area (Å²) in [6, 6.07) is 20.0. The highest BCUT2D eigenvalue weighted by atomic mass is 32.2. The lowest BCUT2D eigenvalue weighted by atomic mass is 10.1. The van der Waals surface area contributed by atoms with Crippen LogP contribution >= 0.6 is 0 Å². The molecule has 0 saturated carbocycles. The summed E-state index contributed by atoms with van der Waals surface area (Å²) in [4.78, 5) is 29.0. The van der Waals surface area contributed by atoms with E-state index in [9.17, 15) is 18.0 Å². The van der Waals surface area contributed by atoms with E-state index >= 15 is 0 Å². The lowest BCUT2D eigenvalue weighted by Crippen LogP contribution is -2.52. The van der Waals surface area contributed by atoms with Crippen molar-refractivity contribution in [1.29, 1.82) is 0 Å². The van der Waals surface area contributed by atoms with Gasteiger partial charge in [-0.05, 0) is 56.0 Å². The molecule has 0 heterocycles. The van der Waals surface area contributed by atoms with E-state index in [0.717, 1.165) is 21.0 Å². The Labute approximate surface area is 244 Å². The van der Waals surface area contributed by atoms with Crippen LogP contribution in [0.5, 0.6) is 5.75 Å². The first-order valence-corrected chi connectivity index (χ1v) is 15.3. The zero-order chi connectivity index (χ0) is 30.2. The van der Waals surface area contributed by atoms with Crippen LogP contribution in [0.15, 0.2) is 77.7 Å². The van der Waals surface area contributed by atoms with Gasteiger partial charge in [0, 0.05) is 19.2 Å². The molecule has 3 rings (SSSR count). The minimum Gasteiger partial charge on any atom is -0.497 e. The molecule has 220 valence electrons. The standard InChI is InChI=1S/C32H41N3O5S/c1-7-30(32(37)33-20-23(2)3)34(21-26-11-8-10-25(5)18-26)31(36)22-35(27-12-9-13-28(19-27)40-6)41(38,39)29-16-14-24(4)15-17-29/h8-19,23,30H,7,20-22H2,1-6H3,(H,33,37)/t30-/m0/s1. The molecule has 0 aromatic heterocycles.